The Hall–Kier alpha value is -1.83. The van der Waals surface area contributed by atoms with Crippen LogP contribution in [0.1, 0.15) is 19.4 Å². The first-order chi connectivity index (χ1) is 7.49. The van der Waals surface area contributed by atoms with E-state index < -0.39 is 5.41 Å². The van der Waals surface area contributed by atoms with Gasteiger partial charge in [-0.15, -0.1) is 0 Å². The van der Waals surface area contributed by atoms with Gasteiger partial charge in [-0.1, -0.05) is 36.9 Å². The normalized spacial score (nSPS) is 25.4. The van der Waals surface area contributed by atoms with E-state index >= 15 is 0 Å². The predicted molar refractivity (Wildman–Crippen MR) is 63.3 cm³/mol. The lowest BCUT2D eigenvalue weighted by Gasteiger charge is -2.27. The van der Waals surface area contributed by atoms with Gasteiger partial charge in [0.1, 0.15) is 0 Å². The molecule has 0 unspecified atom stereocenters. The van der Waals surface area contributed by atoms with Crippen LogP contribution in [0.2, 0.25) is 0 Å². The smallest absolute Gasteiger partial charge is 0.223 e. The van der Waals surface area contributed by atoms with E-state index in [9.17, 15) is 9.90 Å². The number of benzene rings is 1. The van der Waals surface area contributed by atoms with Crippen molar-refractivity contribution >= 4 is 5.78 Å². The Balaban J connectivity index is 2.64. The van der Waals surface area contributed by atoms with Crippen LogP contribution in [0.3, 0.4) is 0 Å². The molecule has 1 aliphatic carbocycles. The maximum Gasteiger partial charge on any atom is 0.223 e. The minimum atomic E-state index is -0.567. The Labute approximate surface area is 94.9 Å². The molecule has 0 fully saturated rings. The van der Waals surface area contributed by atoms with Gasteiger partial charge >= 0.3 is 0 Å². The van der Waals surface area contributed by atoms with Crippen LogP contribution in [0.5, 0.6) is 0 Å². The molecule has 2 heteroatoms. The number of aliphatic hydroxyl groups excluding tert-OH is 1. The first kappa shape index (κ1) is 10.7. The molecule has 0 saturated carbocycles. The van der Waals surface area contributed by atoms with Gasteiger partial charge in [0.05, 0.1) is 0 Å². The lowest BCUT2D eigenvalue weighted by molar-refractivity contribution is -0.114. The minimum Gasteiger partial charge on any atom is -0.504 e. The van der Waals surface area contributed by atoms with E-state index in [0.29, 0.717) is 11.1 Å². The quantitative estimate of drug-likeness (QED) is 0.730. The van der Waals surface area contributed by atoms with Crippen LogP contribution in [0.25, 0.3) is 0 Å². The minimum absolute atomic E-state index is 0.156. The second kappa shape index (κ2) is 3.34. The lowest BCUT2D eigenvalue weighted by Crippen LogP contribution is -2.23. The molecule has 1 atom stereocenters. The van der Waals surface area contributed by atoms with E-state index in [0.717, 1.165) is 5.56 Å². The van der Waals surface area contributed by atoms with E-state index in [-0.39, 0.29) is 11.5 Å². The summed E-state index contributed by atoms with van der Waals surface area (Å²) in [6, 6.07) is 9.65. The number of rotatable bonds is 1. The number of hydrogen-bond donors (Lipinski definition) is 1. The molecule has 0 heterocycles. The van der Waals surface area contributed by atoms with Crippen molar-refractivity contribution in [3.8, 4) is 0 Å². The van der Waals surface area contributed by atoms with Crippen molar-refractivity contribution in [3.05, 3.63) is 59.4 Å². The number of carbonyl (C=O) groups is 1. The molecule has 0 aromatic heterocycles. The highest BCUT2D eigenvalue weighted by atomic mass is 16.3. The van der Waals surface area contributed by atoms with Gasteiger partial charge in [0, 0.05) is 11.0 Å². The largest absolute Gasteiger partial charge is 0.504 e. The first-order valence-electron chi connectivity index (χ1n) is 5.19. The Kier molecular flexibility index (Phi) is 2.23. The van der Waals surface area contributed by atoms with Crippen molar-refractivity contribution in [2.24, 2.45) is 0 Å². The van der Waals surface area contributed by atoms with Gasteiger partial charge in [-0.05, 0) is 25.0 Å². The zero-order chi connectivity index (χ0) is 11.9. The van der Waals surface area contributed by atoms with Crippen LogP contribution >= 0.6 is 0 Å². The standard InChI is InChI=1S/C14H14O2/c1-9-12(15)13(16)10(2)14(9,3)11-7-5-4-6-8-11/h4-8,16H,1H2,2-3H3/t14-/m0/s1. The summed E-state index contributed by atoms with van der Waals surface area (Å²) in [4.78, 5) is 11.7. The van der Waals surface area contributed by atoms with Crippen molar-refractivity contribution in [1.29, 1.82) is 0 Å². The molecule has 0 aliphatic heterocycles. The van der Waals surface area contributed by atoms with Gasteiger partial charge in [0.2, 0.25) is 5.78 Å². The van der Waals surface area contributed by atoms with Crippen LogP contribution < -0.4 is 0 Å². The molecule has 0 bridgehead atoms. The van der Waals surface area contributed by atoms with Crippen LogP contribution in [0.15, 0.2) is 53.8 Å². The fourth-order valence-corrected chi connectivity index (χ4v) is 2.17. The van der Waals surface area contributed by atoms with Gasteiger partial charge in [0.15, 0.2) is 5.76 Å². The summed E-state index contributed by atoms with van der Waals surface area (Å²) in [6.45, 7) is 7.51. The lowest BCUT2D eigenvalue weighted by atomic mass is 9.74. The Bertz CT molecular complexity index is 497. The molecule has 0 amide bonds. The van der Waals surface area contributed by atoms with E-state index in [4.69, 9.17) is 0 Å². The third kappa shape index (κ3) is 1.16. The predicted octanol–water partition coefficient (Wildman–Crippen LogP) is 2.92. The summed E-state index contributed by atoms with van der Waals surface area (Å²) in [5, 5.41) is 9.70. The molecule has 16 heavy (non-hydrogen) atoms. The van der Waals surface area contributed by atoms with Gasteiger partial charge in [-0.25, -0.2) is 0 Å². The SMILES string of the molecule is C=C1C(=O)C(O)=C(C)[C@@]1(C)c1ccccc1. The number of Topliss-reactive ketones (excluding diaryl/α,β-unsaturated/α-hetero) is 1. The fraction of sp³-hybridized carbons (Fsp3) is 0.214. The maximum atomic E-state index is 11.7. The van der Waals surface area contributed by atoms with E-state index in [1.807, 2.05) is 37.3 Å². The summed E-state index contributed by atoms with van der Waals surface area (Å²) in [5.41, 5.74) is 1.53. The second-order valence-corrected chi connectivity index (χ2v) is 4.27. The Morgan fingerprint density at radius 1 is 1.25 bits per heavy atom. The average molecular weight is 214 g/mol. The molecule has 1 N–H and O–H groups in total. The second-order valence-electron chi connectivity index (χ2n) is 4.27. The maximum absolute atomic E-state index is 11.7. The van der Waals surface area contributed by atoms with E-state index in [2.05, 4.69) is 6.58 Å². The summed E-state index contributed by atoms with van der Waals surface area (Å²) >= 11 is 0. The van der Waals surface area contributed by atoms with Crippen molar-refractivity contribution < 1.29 is 9.90 Å². The zero-order valence-electron chi connectivity index (χ0n) is 9.45. The molecule has 2 rings (SSSR count). The third-order valence-corrected chi connectivity index (χ3v) is 3.55. The highest BCUT2D eigenvalue weighted by molar-refractivity contribution is 6.12. The summed E-state index contributed by atoms with van der Waals surface area (Å²) in [7, 11) is 0. The number of hydrogen-bond acceptors (Lipinski definition) is 2. The zero-order valence-corrected chi connectivity index (χ0v) is 9.45. The van der Waals surface area contributed by atoms with Gasteiger partial charge in [0.25, 0.3) is 0 Å². The van der Waals surface area contributed by atoms with Crippen molar-refractivity contribution in [2.75, 3.05) is 0 Å². The van der Waals surface area contributed by atoms with Crippen molar-refractivity contribution in [1.82, 2.24) is 0 Å². The van der Waals surface area contributed by atoms with Gasteiger partial charge in [-0.2, -0.15) is 0 Å². The van der Waals surface area contributed by atoms with Crippen LogP contribution in [0.4, 0.5) is 0 Å². The van der Waals surface area contributed by atoms with Crippen LogP contribution in [0, 0.1) is 0 Å². The van der Waals surface area contributed by atoms with Crippen molar-refractivity contribution in [2.45, 2.75) is 19.3 Å². The molecule has 0 spiro atoms. The van der Waals surface area contributed by atoms with Gasteiger partial charge in [-0.3, -0.25) is 4.79 Å². The molecule has 0 radical (unpaired) electrons. The molecule has 2 nitrogen and oxygen atoms in total. The molecule has 82 valence electrons. The highest BCUT2D eigenvalue weighted by Gasteiger charge is 2.44. The van der Waals surface area contributed by atoms with Crippen molar-refractivity contribution in [3.63, 3.8) is 0 Å². The van der Waals surface area contributed by atoms with Crippen LogP contribution in [-0.2, 0) is 10.2 Å². The Morgan fingerprint density at radius 3 is 2.25 bits per heavy atom. The van der Waals surface area contributed by atoms with Crippen LogP contribution in [-0.4, -0.2) is 10.9 Å². The summed E-state index contributed by atoms with van der Waals surface area (Å²) in [6.07, 6.45) is 0. The summed E-state index contributed by atoms with van der Waals surface area (Å²) < 4.78 is 0. The number of carbonyl (C=O) groups excluding carboxylic acids is 1. The molecular formula is C14H14O2. The molecule has 0 saturated heterocycles. The molecular weight excluding hydrogens is 200 g/mol. The average Bonchev–Trinajstić information content (AvgIpc) is 2.47. The Morgan fingerprint density at radius 2 is 1.81 bits per heavy atom. The molecule has 1 aromatic rings. The number of aliphatic hydroxyl groups is 1. The number of allylic oxidation sites excluding steroid dienone is 2. The molecule has 1 aromatic carbocycles. The van der Waals surface area contributed by atoms with Gasteiger partial charge < -0.3 is 5.11 Å². The topological polar surface area (TPSA) is 37.3 Å². The van der Waals surface area contributed by atoms with E-state index in [1.54, 1.807) is 6.92 Å². The third-order valence-electron chi connectivity index (χ3n) is 3.55. The fourth-order valence-electron chi connectivity index (χ4n) is 2.17. The monoisotopic (exact) mass is 214 g/mol. The molecule has 1 aliphatic rings. The number of ketones is 1. The van der Waals surface area contributed by atoms with E-state index in [1.165, 1.54) is 0 Å². The first-order valence-corrected chi connectivity index (χ1v) is 5.19. The summed E-state index contributed by atoms with van der Waals surface area (Å²) in [5.74, 6) is -0.500. The highest BCUT2D eigenvalue weighted by Crippen LogP contribution is 2.45.